The fourth-order valence-corrected chi connectivity index (χ4v) is 4.12. The number of hydrogen-bond donors (Lipinski definition) is 2. The summed E-state index contributed by atoms with van der Waals surface area (Å²) >= 11 is 0. The lowest BCUT2D eigenvalue weighted by Crippen LogP contribution is -2.37. The van der Waals surface area contributed by atoms with Gasteiger partial charge < -0.3 is 5.32 Å². The van der Waals surface area contributed by atoms with Crippen LogP contribution in [-0.2, 0) is 4.79 Å². The zero-order valence-electron chi connectivity index (χ0n) is 14.6. The maximum Gasteiger partial charge on any atom is 0.259 e. The second kappa shape index (κ2) is 6.04. The van der Waals surface area contributed by atoms with Gasteiger partial charge in [0.15, 0.2) is 0 Å². The zero-order valence-corrected chi connectivity index (χ0v) is 14.6. The minimum atomic E-state index is -0.295. The summed E-state index contributed by atoms with van der Waals surface area (Å²) in [5.41, 5.74) is 4.55. The van der Waals surface area contributed by atoms with E-state index in [-0.39, 0.29) is 29.2 Å². The minimum absolute atomic E-state index is 0.0677. The second-order valence-electron chi connectivity index (χ2n) is 7.64. The Hall–Kier alpha value is -2.17. The third kappa shape index (κ3) is 2.72. The topological polar surface area (TPSA) is 70.6 Å². The Morgan fingerprint density at radius 2 is 1.92 bits per heavy atom. The number of carbonyl (C=O) groups excluding carboxylic acids is 2. The summed E-state index contributed by atoms with van der Waals surface area (Å²) in [4.78, 5) is 23.9. The molecule has 2 fully saturated rings. The zero-order chi connectivity index (χ0) is 17.4. The van der Waals surface area contributed by atoms with Crippen molar-refractivity contribution in [1.82, 2.24) is 10.7 Å². The van der Waals surface area contributed by atoms with Crippen molar-refractivity contribution in [3.8, 4) is 0 Å². The Labute approximate surface area is 142 Å². The summed E-state index contributed by atoms with van der Waals surface area (Å²) < 4.78 is 0. The van der Waals surface area contributed by atoms with Crippen LogP contribution in [-0.4, -0.2) is 24.1 Å². The van der Waals surface area contributed by atoms with Gasteiger partial charge in [0.25, 0.3) is 11.8 Å². The van der Waals surface area contributed by atoms with Gasteiger partial charge in [-0.05, 0) is 42.7 Å². The molecule has 0 aliphatic heterocycles. The van der Waals surface area contributed by atoms with Crippen LogP contribution in [0.15, 0.2) is 35.4 Å². The standard InChI is InChI=1S/C19H25N3O2/c1-18(2)14-9-10-19(18,3)15(11-14)21-22-16(23)12-20-17(24)13-7-5-4-6-8-13/h4-8,14H,9-12H2,1-3H3,(H,20,24)(H,22,23)/b21-15+/t14-,19-/m0/s1. The maximum atomic E-state index is 12.0. The average Bonchev–Trinajstić information content (AvgIpc) is 2.91. The molecule has 1 aromatic carbocycles. The SMILES string of the molecule is CC1(C)[C@H]2CC[C@@]1(C)/C(=N/NC(=O)CNC(=O)c1ccccc1)C2. The Morgan fingerprint density at radius 1 is 1.21 bits per heavy atom. The van der Waals surface area contributed by atoms with Gasteiger partial charge in [0.05, 0.1) is 6.54 Å². The molecule has 128 valence electrons. The van der Waals surface area contributed by atoms with Crippen LogP contribution in [0.2, 0.25) is 0 Å². The second-order valence-corrected chi connectivity index (χ2v) is 7.64. The molecule has 24 heavy (non-hydrogen) atoms. The Morgan fingerprint density at radius 3 is 2.50 bits per heavy atom. The lowest BCUT2D eigenvalue weighted by atomic mass is 9.70. The first-order valence-electron chi connectivity index (χ1n) is 8.54. The normalized spacial score (nSPS) is 28.8. The van der Waals surface area contributed by atoms with Crippen molar-refractivity contribution < 1.29 is 9.59 Å². The molecule has 2 aliphatic rings. The Kier molecular flexibility index (Phi) is 4.20. The number of nitrogens with one attached hydrogen (secondary N) is 2. The Balaban J connectivity index is 1.54. The van der Waals surface area contributed by atoms with Crippen molar-refractivity contribution in [1.29, 1.82) is 0 Å². The Bertz CT molecular complexity index is 681. The average molecular weight is 327 g/mol. The van der Waals surface area contributed by atoms with Crippen molar-refractivity contribution in [2.75, 3.05) is 6.54 Å². The van der Waals surface area contributed by atoms with Crippen molar-refractivity contribution in [3.63, 3.8) is 0 Å². The van der Waals surface area contributed by atoms with Crippen molar-refractivity contribution in [3.05, 3.63) is 35.9 Å². The van der Waals surface area contributed by atoms with Gasteiger partial charge in [0, 0.05) is 16.7 Å². The molecular weight excluding hydrogens is 302 g/mol. The molecule has 3 rings (SSSR count). The minimum Gasteiger partial charge on any atom is -0.343 e. The van der Waals surface area contributed by atoms with E-state index in [2.05, 4.69) is 36.6 Å². The first kappa shape index (κ1) is 16.7. The van der Waals surface area contributed by atoms with E-state index in [0.717, 1.165) is 18.6 Å². The van der Waals surface area contributed by atoms with Gasteiger partial charge in [0.2, 0.25) is 0 Å². The summed E-state index contributed by atoms with van der Waals surface area (Å²) in [6, 6.07) is 8.85. The van der Waals surface area contributed by atoms with E-state index in [1.165, 1.54) is 6.42 Å². The first-order chi connectivity index (χ1) is 11.3. The van der Waals surface area contributed by atoms with Gasteiger partial charge >= 0.3 is 0 Å². The molecule has 0 saturated heterocycles. The summed E-state index contributed by atoms with van der Waals surface area (Å²) in [6.07, 6.45) is 3.33. The van der Waals surface area contributed by atoms with Crippen molar-refractivity contribution in [2.24, 2.45) is 21.8 Å². The van der Waals surface area contributed by atoms with Crippen LogP contribution in [0.25, 0.3) is 0 Å². The number of benzene rings is 1. The van der Waals surface area contributed by atoms with Crippen LogP contribution in [0.5, 0.6) is 0 Å². The molecule has 2 aliphatic carbocycles. The van der Waals surface area contributed by atoms with E-state index in [0.29, 0.717) is 11.5 Å². The van der Waals surface area contributed by atoms with E-state index in [9.17, 15) is 9.59 Å². The smallest absolute Gasteiger partial charge is 0.259 e. The third-order valence-electron chi connectivity index (χ3n) is 6.27. The highest BCUT2D eigenvalue weighted by atomic mass is 16.2. The predicted octanol–water partition coefficient (Wildman–Crippen LogP) is 2.73. The molecule has 0 heterocycles. The summed E-state index contributed by atoms with van der Waals surface area (Å²) in [5.74, 6) is 0.0957. The molecule has 1 aromatic rings. The molecule has 0 aromatic heterocycles. The molecule has 0 unspecified atom stereocenters. The molecule has 0 spiro atoms. The van der Waals surface area contributed by atoms with Gasteiger partial charge in [-0.1, -0.05) is 39.0 Å². The third-order valence-corrected chi connectivity index (χ3v) is 6.27. The van der Waals surface area contributed by atoms with Crippen LogP contribution < -0.4 is 10.7 Å². The molecular formula is C19H25N3O2. The van der Waals surface area contributed by atoms with Gasteiger partial charge in [0.1, 0.15) is 0 Å². The lowest BCUT2D eigenvalue weighted by molar-refractivity contribution is -0.120. The van der Waals surface area contributed by atoms with Gasteiger partial charge in [-0.25, -0.2) is 5.43 Å². The highest BCUT2D eigenvalue weighted by Gasteiger charge is 2.59. The van der Waals surface area contributed by atoms with Gasteiger partial charge in [-0.15, -0.1) is 0 Å². The number of hydrogen-bond acceptors (Lipinski definition) is 3. The highest BCUT2D eigenvalue weighted by molar-refractivity contribution is 5.97. The van der Waals surface area contributed by atoms with E-state index >= 15 is 0 Å². The number of amides is 2. The molecule has 2 amide bonds. The number of rotatable bonds is 4. The maximum absolute atomic E-state index is 12.0. The predicted molar refractivity (Wildman–Crippen MR) is 93.6 cm³/mol. The van der Waals surface area contributed by atoms with Crippen molar-refractivity contribution >= 4 is 17.5 Å². The van der Waals surface area contributed by atoms with Crippen molar-refractivity contribution in [2.45, 2.75) is 40.0 Å². The van der Waals surface area contributed by atoms with Gasteiger partial charge in [-0.2, -0.15) is 5.10 Å². The fraction of sp³-hybridized carbons (Fsp3) is 0.526. The summed E-state index contributed by atoms with van der Waals surface area (Å²) in [7, 11) is 0. The van der Waals surface area contributed by atoms with E-state index in [1.807, 2.05) is 6.07 Å². The van der Waals surface area contributed by atoms with Crippen LogP contribution >= 0.6 is 0 Å². The van der Waals surface area contributed by atoms with Crippen LogP contribution in [0, 0.1) is 16.7 Å². The van der Waals surface area contributed by atoms with E-state index in [1.54, 1.807) is 24.3 Å². The molecule has 5 heteroatoms. The molecule has 2 atom stereocenters. The number of nitrogens with zero attached hydrogens (tertiary/aromatic N) is 1. The van der Waals surface area contributed by atoms with E-state index < -0.39 is 0 Å². The summed E-state index contributed by atoms with van der Waals surface area (Å²) in [6.45, 7) is 6.78. The summed E-state index contributed by atoms with van der Waals surface area (Å²) in [5, 5.41) is 7.00. The lowest BCUT2D eigenvalue weighted by Gasteiger charge is -2.34. The fourth-order valence-electron chi connectivity index (χ4n) is 4.12. The molecule has 2 saturated carbocycles. The quantitative estimate of drug-likeness (QED) is 0.835. The molecule has 2 bridgehead atoms. The van der Waals surface area contributed by atoms with Crippen LogP contribution in [0.3, 0.4) is 0 Å². The first-order valence-corrected chi connectivity index (χ1v) is 8.54. The highest BCUT2D eigenvalue weighted by Crippen LogP contribution is 2.63. The molecule has 5 nitrogen and oxygen atoms in total. The molecule has 0 radical (unpaired) electrons. The van der Waals surface area contributed by atoms with E-state index in [4.69, 9.17) is 0 Å². The number of carbonyl (C=O) groups is 2. The number of fused-ring (bicyclic) bond motifs is 2. The molecule has 2 N–H and O–H groups in total. The monoisotopic (exact) mass is 327 g/mol. The van der Waals surface area contributed by atoms with Crippen LogP contribution in [0.4, 0.5) is 0 Å². The number of hydrazone groups is 1. The van der Waals surface area contributed by atoms with Gasteiger partial charge in [-0.3, -0.25) is 9.59 Å². The largest absolute Gasteiger partial charge is 0.343 e. The van der Waals surface area contributed by atoms with Crippen LogP contribution in [0.1, 0.15) is 50.4 Å².